The molecule has 0 unspecified atom stereocenters. The summed E-state index contributed by atoms with van der Waals surface area (Å²) in [6, 6.07) is 9.20. The summed E-state index contributed by atoms with van der Waals surface area (Å²) in [5, 5.41) is 4.42. The van der Waals surface area contributed by atoms with Crippen LogP contribution in [0.15, 0.2) is 30.3 Å². The minimum atomic E-state index is -0.872. The number of carbonyl (C=O) groups is 2. The van der Waals surface area contributed by atoms with Crippen LogP contribution in [0.1, 0.15) is 22.5 Å². The van der Waals surface area contributed by atoms with Gasteiger partial charge in [0.25, 0.3) is 0 Å². The van der Waals surface area contributed by atoms with E-state index in [2.05, 4.69) is 5.10 Å². The van der Waals surface area contributed by atoms with Crippen molar-refractivity contribution < 1.29 is 19.1 Å². The van der Waals surface area contributed by atoms with Crippen LogP contribution >= 0.6 is 11.6 Å². The van der Waals surface area contributed by atoms with Crippen molar-refractivity contribution >= 4 is 23.5 Å². The molecule has 1 saturated heterocycles. The van der Waals surface area contributed by atoms with E-state index in [-0.39, 0.29) is 17.3 Å². The molecular weight excluding hydrogens is 308 g/mol. The van der Waals surface area contributed by atoms with E-state index in [9.17, 15) is 9.59 Å². The molecule has 3 rings (SSSR count). The first-order valence-electron chi connectivity index (χ1n) is 6.76. The second-order valence-electron chi connectivity index (χ2n) is 4.85. The Labute approximate surface area is 131 Å². The minimum Gasteiger partial charge on any atom is -0.463 e. The molecule has 114 valence electrons. The molecule has 0 amide bonds. The average Bonchev–Trinajstić information content (AvgIpc) is 3.03. The standard InChI is InChI=1S/C15H13ClN2O4/c1-9-12(15(20)22-11-7-8-21-14(11)19)13(16)18(17-9)10-5-3-2-4-6-10/h2-6,11H,7-8H2,1H3/t11-/m0/s1. The smallest absolute Gasteiger partial charge is 0.347 e. The maximum absolute atomic E-state index is 12.3. The molecule has 0 radical (unpaired) electrons. The lowest BCUT2D eigenvalue weighted by Gasteiger charge is -2.08. The second kappa shape index (κ2) is 5.81. The minimum absolute atomic E-state index is 0.153. The summed E-state index contributed by atoms with van der Waals surface area (Å²) < 4.78 is 11.4. The molecule has 2 aromatic rings. The second-order valence-corrected chi connectivity index (χ2v) is 5.21. The molecule has 22 heavy (non-hydrogen) atoms. The van der Waals surface area contributed by atoms with Crippen LogP contribution in [-0.4, -0.2) is 34.4 Å². The van der Waals surface area contributed by atoms with Gasteiger partial charge in [0.15, 0.2) is 0 Å². The first kappa shape index (κ1) is 14.6. The lowest BCUT2D eigenvalue weighted by Crippen LogP contribution is -2.23. The maximum atomic E-state index is 12.3. The molecule has 0 aliphatic carbocycles. The van der Waals surface area contributed by atoms with Gasteiger partial charge in [0.2, 0.25) is 6.10 Å². The van der Waals surface area contributed by atoms with Gasteiger partial charge in [-0.25, -0.2) is 14.3 Å². The average molecular weight is 321 g/mol. The Morgan fingerprint density at radius 2 is 2.14 bits per heavy atom. The molecule has 0 N–H and O–H groups in total. The Bertz CT molecular complexity index is 727. The number of aromatic nitrogens is 2. The monoisotopic (exact) mass is 320 g/mol. The largest absolute Gasteiger partial charge is 0.463 e. The Kier molecular flexibility index (Phi) is 3.85. The third kappa shape index (κ3) is 2.57. The zero-order valence-corrected chi connectivity index (χ0v) is 12.5. The van der Waals surface area contributed by atoms with E-state index < -0.39 is 18.0 Å². The number of hydrogen-bond acceptors (Lipinski definition) is 5. The zero-order valence-electron chi connectivity index (χ0n) is 11.8. The van der Waals surface area contributed by atoms with Gasteiger partial charge in [0.05, 0.1) is 18.0 Å². The van der Waals surface area contributed by atoms with Gasteiger partial charge in [-0.15, -0.1) is 0 Å². The number of benzene rings is 1. The van der Waals surface area contributed by atoms with E-state index in [0.717, 1.165) is 5.69 Å². The molecule has 1 atom stereocenters. The van der Waals surface area contributed by atoms with E-state index in [1.165, 1.54) is 4.68 Å². The SMILES string of the molecule is Cc1nn(-c2ccccc2)c(Cl)c1C(=O)O[C@H]1CCOC1=O. The Morgan fingerprint density at radius 1 is 1.41 bits per heavy atom. The molecule has 0 spiro atoms. The van der Waals surface area contributed by atoms with Gasteiger partial charge in [0, 0.05) is 6.42 Å². The number of hydrogen-bond donors (Lipinski definition) is 0. The van der Waals surface area contributed by atoms with Crippen molar-refractivity contribution in [1.29, 1.82) is 0 Å². The van der Waals surface area contributed by atoms with Crippen LogP contribution in [0, 0.1) is 6.92 Å². The summed E-state index contributed by atoms with van der Waals surface area (Å²) in [5.74, 6) is -1.20. The molecule has 1 aromatic heterocycles. The van der Waals surface area contributed by atoms with Gasteiger partial charge in [-0.05, 0) is 19.1 Å². The third-order valence-electron chi connectivity index (χ3n) is 3.35. The summed E-state index contributed by atoms with van der Waals surface area (Å²) in [7, 11) is 0. The van der Waals surface area contributed by atoms with Gasteiger partial charge < -0.3 is 9.47 Å². The fourth-order valence-electron chi connectivity index (χ4n) is 2.24. The number of carbonyl (C=O) groups excluding carboxylic acids is 2. The van der Waals surface area contributed by atoms with E-state index in [0.29, 0.717) is 12.1 Å². The first-order chi connectivity index (χ1) is 10.6. The first-order valence-corrected chi connectivity index (χ1v) is 7.14. The van der Waals surface area contributed by atoms with Gasteiger partial charge in [-0.1, -0.05) is 29.8 Å². The van der Waals surface area contributed by atoms with Gasteiger partial charge >= 0.3 is 11.9 Å². The highest BCUT2D eigenvalue weighted by molar-refractivity contribution is 6.33. The molecule has 1 aromatic carbocycles. The number of para-hydroxylation sites is 1. The molecule has 1 fully saturated rings. The van der Waals surface area contributed by atoms with Crippen molar-refractivity contribution in [3.8, 4) is 5.69 Å². The summed E-state index contributed by atoms with van der Waals surface area (Å²) in [4.78, 5) is 23.6. The molecule has 0 saturated carbocycles. The summed E-state index contributed by atoms with van der Waals surface area (Å²) in [6.45, 7) is 1.92. The fourth-order valence-corrected chi connectivity index (χ4v) is 2.59. The predicted molar refractivity (Wildman–Crippen MR) is 78.1 cm³/mol. The number of aryl methyl sites for hydroxylation is 1. The van der Waals surface area contributed by atoms with Crippen molar-refractivity contribution in [2.24, 2.45) is 0 Å². The van der Waals surface area contributed by atoms with Gasteiger partial charge in [0.1, 0.15) is 10.7 Å². The summed E-state index contributed by atoms with van der Waals surface area (Å²) in [6.07, 6.45) is -0.517. The molecule has 7 heteroatoms. The van der Waals surface area contributed by atoms with Crippen molar-refractivity contribution in [1.82, 2.24) is 9.78 Å². The van der Waals surface area contributed by atoms with Crippen molar-refractivity contribution in [3.05, 3.63) is 46.7 Å². The van der Waals surface area contributed by atoms with Crippen LogP contribution in [0.2, 0.25) is 5.15 Å². The molecule has 0 bridgehead atoms. The quantitative estimate of drug-likeness (QED) is 0.812. The van der Waals surface area contributed by atoms with Crippen LogP contribution in [0.25, 0.3) is 5.69 Å². The number of halogens is 1. The third-order valence-corrected chi connectivity index (χ3v) is 3.69. The zero-order chi connectivity index (χ0) is 15.7. The van der Waals surface area contributed by atoms with Crippen LogP contribution in [0.5, 0.6) is 0 Å². The summed E-state index contributed by atoms with van der Waals surface area (Å²) in [5.41, 5.74) is 1.32. The Morgan fingerprint density at radius 3 is 2.77 bits per heavy atom. The Balaban J connectivity index is 1.89. The fraction of sp³-hybridized carbons (Fsp3) is 0.267. The molecular formula is C15H13ClN2O4. The summed E-state index contributed by atoms with van der Waals surface area (Å²) >= 11 is 6.26. The normalized spacial score (nSPS) is 17.4. The predicted octanol–water partition coefficient (Wildman–Crippen LogP) is 2.31. The van der Waals surface area contributed by atoms with Crippen LogP contribution in [0.4, 0.5) is 0 Å². The lowest BCUT2D eigenvalue weighted by molar-refractivity contribution is -0.145. The number of ether oxygens (including phenoxy) is 2. The topological polar surface area (TPSA) is 70.4 Å². The van der Waals surface area contributed by atoms with Crippen molar-refractivity contribution in [3.63, 3.8) is 0 Å². The van der Waals surface area contributed by atoms with Crippen LogP contribution < -0.4 is 0 Å². The van der Waals surface area contributed by atoms with E-state index >= 15 is 0 Å². The van der Waals surface area contributed by atoms with Crippen molar-refractivity contribution in [2.45, 2.75) is 19.4 Å². The highest BCUT2D eigenvalue weighted by Crippen LogP contribution is 2.25. The number of nitrogens with zero attached hydrogens (tertiary/aromatic N) is 2. The Hall–Kier alpha value is -2.34. The number of esters is 2. The van der Waals surface area contributed by atoms with Gasteiger partial charge in [-0.2, -0.15) is 5.10 Å². The lowest BCUT2D eigenvalue weighted by atomic mass is 10.2. The highest BCUT2D eigenvalue weighted by Gasteiger charge is 2.32. The molecule has 2 heterocycles. The maximum Gasteiger partial charge on any atom is 0.347 e. The van der Waals surface area contributed by atoms with E-state index in [1.807, 2.05) is 30.3 Å². The number of cyclic esters (lactones) is 1. The van der Waals surface area contributed by atoms with Crippen LogP contribution in [0.3, 0.4) is 0 Å². The molecule has 1 aliphatic rings. The number of rotatable bonds is 3. The molecule has 1 aliphatic heterocycles. The van der Waals surface area contributed by atoms with Crippen molar-refractivity contribution in [2.75, 3.05) is 6.61 Å². The van der Waals surface area contributed by atoms with Crippen LogP contribution in [-0.2, 0) is 14.3 Å². The van der Waals surface area contributed by atoms with E-state index in [4.69, 9.17) is 21.1 Å². The van der Waals surface area contributed by atoms with E-state index in [1.54, 1.807) is 6.92 Å². The molecule has 6 nitrogen and oxygen atoms in total. The van der Waals surface area contributed by atoms with Gasteiger partial charge in [-0.3, -0.25) is 0 Å². The highest BCUT2D eigenvalue weighted by atomic mass is 35.5.